The van der Waals surface area contributed by atoms with Gasteiger partial charge < -0.3 is 10.2 Å². The Morgan fingerprint density at radius 3 is 3.14 bits per heavy atom. The number of aryl methyl sites for hydroxylation is 1. The summed E-state index contributed by atoms with van der Waals surface area (Å²) in [5.74, 6) is 0.694. The minimum absolute atomic E-state index is 0.549. The van der Waals surface area contributed by atoms with Crippen molar-refractivity contribution in [2.24, 2.45) is 5.73 Å². The van der Waals surface area contributed by atoms with Crippen LogP contribution in [0.2, 0.25) is 0 Å². The molecule has 0 unspecified atom stereocenters. The third kappa shape index (κ3) is 1.67. The summed E-state index contributed by atoms with van der Waals surface area (Å²) in [5.41, 5.74) is 8.17. The van der Waals surface area contributed by atoms with Crippen LogP contribution in [-0.2, 0) is 0 Å². The first kappa shape index (κ1) is 8.97. The van der Waals surface area contributed by atoms with E-state index in [9.17, 15) is 0 Å². The van der Waals surface area contributed by atoms with Gasteiger partial charge in [-0.15, -0.1) is 0 Å². The summed E-state index contributed by atoms with van der Waals surface area (Å²) in [4.78, 5) is 4.22. The van der Waals surface area contributed by atoms with E-state index in [1.807, 2.05) is 37.3 Å². The van der Waals surface area contributed by atoms with Gasteiger partial charge in [0.05, 0.1) is 0 Å². The highest BCUT2D eigenvalue weighted by atomic mass is 16.3. The number of benzene rings is 1. The number of hydrogen-bond donors (Lipinski definition) is 1. The molecule has 0 amide bonds. The van der Waals surface area contributed by atoms with E-state index in [1.54, 1.807) is 0 Å². The first-order valence-corrected chi connectivity index (χ1v) is 4.53. The zero-order valence-electron chi connectivity index (χ0n) is 8.03. The summed E-state index contributed by atoms with van der Waals surface area (Å²) in [6, 6.07) is 5.90. The minimum Gasteiger partial charge on any atom is -0.441 e. The van der Waals surface area contributed by atoms with Gasteiger partial charge >= 0.3 is 0 Å². The summed E-state index contributed by atoms with van der Waals surface area (Å²) in [5, 5.41) is 0. The smallest absolute Gasteiger partial charge is 0.192 e. The normalized spacial score (nSPS) is 11.6. The molecule has 3 heteroatoms. The zero-order chi connectivity index (χ0) is 9.97. The van der Waals surface area contributed by atoms with Gasteiger partial charge in [-0.25, -0.2) is 4.98 Å². The van der Waals surface area contributed by atoms with Crippen molar-refractivity contribution in [3.8, 4) is 0 Å². The van der Waals surface area contributed by atoms with Crippen molar-refractivity contribution in [1.29, 1.82) is 0 Å². The predicted molar refractivity (Wildman–Crippen MR) is 56.8 cm³/mol. The lowest BCUT2D eigenvalue weighted by Crippen LogP contribution is -1.91. The van der Waals surface area contributed by atoms with Crippen LogP contribution in [0.4, 0.5) is 0 Å². The van der Waals surface area contributed by atoms with Crippen LogP contribution in [-0.4, -0.2) is 11.5 Å². The van der Waals surface area contributed by atoms with Gasteiger partial charge in [0.2, 0.25) is 0 Å². The molecule has 0 saturated heterocycles. The molecule has 72 valence electrons. The van der Waals surface area contributed by atoms with Crippen molar-refractivity contribution >= 4 is 17.2 Å². The highest BCUT2D eigenvalue weighted by molar-refractivity contribution is 5.76. The monoisotopic (exact) mass is 188 g/mol. The van der Waals surface area contributed by atoms with E-state index in [2.05, 4.69) is 4.98 Å². The third-order valence-electron chi connectivity index (χ3n) is 1.97. The number of oxazole rings is 1. The standard InChI is InChI=1S/C11H12N2O/c1-8-13-10-5-4-9(3-2-6-12)7-11(10)14-8/h2-5,7H,6,12H2,1H3. The maximum Gasteiger partial charge on any atom is 0.192 e. The van der Waals surface area contributed by atoms with Crippen molar-refractivity contribution in [3.05, 3.63) is 35.7 Å². The Kier molecular flexibility index (Phi) is 2.33. The van der Waals surface area contributed by atoms with Gasteiger partial charge in [-0.3, -0.25) is 0 Å². The second-order valence-corrected chi connectivity index (χ2v) is 3.10. The SMILES string of the molecule is Cc1nc2ccc(C=CCN)cc2o1. The Labute approximate surface area is 82.2 Å². The number of hydrogen-bond acceptors (Lipinski definition) is 3. The highest BCUT2D eigenvalue weighted by Crippen LogP contribution is 2.17. The molecule has 2 N–H and O–H groups in total. The van der Waals surface area contributed by atoms with Crippen LogP contribution in [0.25, 0.3) is 17.2 Å². The molecule has 0 saturated carbocycles. The van der Waals surface area contributed by atoms with E-state index < -0.39 is 0 Å². The molecule has 0 bridgehead atoms. The molecule has 0 fully saturated rings. The van der Waals surface area contributed by atoms with Crippen LogP contribution < -0.4 is 5.73 Å². The van der Waals surface area contributed by atoms with E-state index in [1.165, 1.54) is 0 Å². The van der Waals surface area contributed by atoms with Crippen molar-refractivity contribution < 1.29 is 4.42 Å². The van der Waals surface area contributed by atoms with Crippen molar-refractivity contribution in [2.75, 3.05) is 6.54 Å². The Morgan fingerprint density at radius 1 is 1.50 bits per heavy atom. The van der Waals surface area contributed by atoms with Crippen molar-refractivity contribution in [2.45, 2.75) is 6.92 Å². The average Bonchev–Trinajstić information content (AvgIpc) is 2.54. The Balaban J connectivity index is 2.45. The molecule has 0 aliphatic rings. The van der Waals surface area contributed by atoms with Gasteiger partial charge in [-0.1, -0.05) is 18.2 Å². The molecule has 1 heterocycles. The average molecular weight is 188 g/mol. The first-order chi connectivity index (χ1) is 6.79. The summed E-state index contributed by atoms with van der Waals surface area (Å²) < 4.78 is 5.41. The number of fused-ring (bicyclic) bond motifs is 1. The maximum absolute atomic E-state index is 5.41. The minimum atomic E-state index is 0.549. The Bertz CT molecular complexity index is 471. The molecular formula is C11H12N2O. The van der Waals surface area contributed by atoms with Crippen LogP contribution in [0.5, 0.6) is 0 Å². The molecule has 0 aliphatic carbocycles. The Hall–Kier alpha value is -1.61. The summed E-state index contributed by atoms with van der Waals surface area (Å²) in [6.45, 7) is 2.39. The molecule has 1 aromatic heterocycles. The molecule has 0 radical (unpaired) electrons. The molecule has 14 heavy (non-hydrogen) atoms. The number of rotatable bonds is 2. The molecule has 1 aromatic carbocycles. The molecule has 0 atom stereocenters. The van der Waals surface area contributed by atoms with Crippen LogP contribution in [0.1, 0.15) is 11.5 Å². The fourth-order valence-corrected chi connectivity index (χ4v) is 1.36. The summed E-state index contributed by atoms with van der Waals surface area (Å²) in [6.07, 6.45) is 3.88. The second kappa shape index (κ2) is 3.64. The highest BCUT2D eigenvalue weighted by Gasteiger charge is 2.00. The Morgan fingerprint density at radius 2 is 2.36 bits per heavy atom. The molecule has 0 aliphatic heterocycles. The molecular weight excluding hydrogens is 176 g/mol. The van der Waals surface area contributed by atoms with Crippen molar-refractivity contribution in [3.63, 3.8) is 0 Å². The fraction of sp³-hybridized carbons (Fsp3) is 0.182. The summed E-state index contributed by atoms with van der Waals surface area (Å²) in [7, 11) is 0. The quantitative estimate of drug-likeness (QED) is 0.785. The van der Waals surface area contributed by atoms with Gasteiger partial charge in [-0.2, -0.15) is 0 Å². The van der Waals surface area contributed by atoms with E-state index in [-0.39, 0.29) is 0 Å². The molecule has 2 rings (SSSR count). The fourth-order valence-electron chi connectivity index (χ4n) is 1.36. The lowest BCUT2D eigenvalue weighted by molar-refractivity contribution is 0.561. The summed E-state index contributed by atoms with van der Waals surface area (Å²) >= 11 is 0. The maximum atomic E-state index is 5.41. The van der Waals surface area contributed by atoms with Gasteiger partial charge in [-0.05, 0) is 17.7 Å². The lowest BCUT2D eigenvalue weighted by atomic mass is 10.2. The number of nitrogens with zero attached hydrogens (tertiary/aromatic N) is 1. The molecule has 3 nitrogen and oxygen atoms in total. The van der Waals surface area contributed by atoms with E-state index in [4.69, 9.17) is 10.2 Å². The third-order valence-corrected chi connectivity index (χ3v) is 1.97. The van der Waals surface area contributed by atoms with E-state index in [0.717, 1.165) is 16.7 Å². The number of nitrogens with two attached hydrogens (primary N) is 1. The predicted octanol–water partition coefficient (Wildman–Crippen LogP) is 2.11. The largest absolute Gasteiger partial charge is 0.441 e. The van der Waals surface area contributed by atoms with Gasteiger partial charge in [0.1, 0.15) is 5.52 Å². The van der Waals surface area contributed by atoms with E-state index >= 15 is 0 Å². The van der Waals surface area contributed by atoms with E-state index in [0.29, 0.717) is 12.4 Å². The van der Waals surface area contributed by atoms with Crippen molar-refractivity contribution in [1.82, 2.24) is 4.98 Å². The molecule has 0 spiro atoms. The number of aromatic nitrogens is 1. The van der Waals surface area contributed by atoms with Crippen LogP contribution in [0.3, 0.4) is 0 Å². The molecule has 2 aromatic rings. The van der Waals surface area contributed by atoms with Crippen LogP contribution in [0, 0.1) is 6.92 Å². The zero-order valence-corrected chi connectivity index (χ0v) is 8.03. The van der Waals surface area contributed by atoms with Crippen LogP contribution >= 0.6 is 0 Å². The topological polar surface area (TPSA) is 52.0 Å². The lowest BCUT2D eigenvalue weighted by Gasteiger charge is -1.91. The first-order valence-electron chi connectivity index (χ1n) is 4.53. The van der Waals surface area contributed by atoms with Gasteiger partial charge in [0.15, 0.2) is 11.5 Å². The van der Waals surface area contributed by atoms with Crippen LogP contribution in [0.15, 0.2) is 28.7 Å². The van der Waals surface area contributed by atoms with Gasteiger partial charge in [0.25, 0.3) is 0 Å². The van der Waals surface area contributed by atoms with Gasteiger partial charge in [0, 0.05) is 13.5 Å². The second-order valence-electron chi connectivity index (χ2n) is 3.10.